The zero-order valence-electron chi connectivity index (χ0n) is 11.7. The van der Waals surface area contributed by atoms with Crippen molar-refractivity contribution in [2.45, 2.75) is 32.7 Å². The van der Waals surface area contributed by atoms with E-state index in [-0.39, 0.29) is 30.2 Å². The number of nitrogens with one attached hydrogen (secondary N) is 2. The van der Waals surface area contributed by atoms with E-state index < -0.39 is 0 Å². The zero-order valence-corrected chi connectivity index (χ0v) is 13.4. The Hall–Kier alpha value is -0.280. The highest BCUT2D eigenvalue weighted by atomic mass is 35.5. The van der Waals surface area contributed by atoms with Crippen LogP contribution < -0.4 is 10.6 Å². The average molecular weight is 293 g/mol. The first-order valence-electron chi connectivity index (χ1n) is 5.99. The third kappa shape index (κ3) is 7.22. The first kappa shape index (κ1) is 20.0. The molecular formula is C14H26Cl2N2. The molecular weight excluding hydrogens is 267 g/mol. The van der Waals surface area contributed by atoms with Crippen molar-refractivity contribution in [2.24, 2.45) is 0 Å². The largest absolute Gasteiger partial charge is 0.318 e. The standard InChI is InChI=1S/C14H24N2.2ClH/c1-14(2,3)13-7-5-12(6-8-13)11-16-10-9-15-4;;/h5-8,15-16H,9-11H2,1-4H3;2*1H. The van der Waals surface area contributed by atoms with E-state index in [0.717, 1.165) is 19.6 Å². The van der Waals surface area contributed by atoms with Gasteiger partial charge in [0, 0.05) is 19.6 Å². The molecule has 1 rings (SSSR count). The molecule has 0 saturated carbocycles. The monoisotopic (exact) mass is 292 g/mol. The van der Waals surface area contributed by atoms with Crippen molar-refractivity contribution in [3.63, 3.8) is 0 Å². The fourth-order valence-corrected chi connectivity index (χ4v) is 1.57. The van der Waals surface area contributed by atoms with Gasteiger partial charge in [0.25, 0.3) is 0 Å². The first-order chi connectivity index (χ1) is 7.54. The van der Waals surface area contributed by atoms with Gasteiger partial charge in [-0.25, -0.2) is 0 Å². The van der Waals surface area contributed by atoms with Crippen LogP contribution in [0.4, 0.5) is 0 Å². The van der Waals surface area contributed by atoms with Gasteiger partial charge < -0.3 is 10.6 Å². The Labute approximate surface area is 124 Å². The van der Waals surface area contributed by atoms with Crippen molar-refractivity contribution in [2.75, 3.05) is 20.1 Å². The second-order valence-electron chi connectivity index (χ2n) is 5.23. The molecule has 0 aliphatic carbocycles. The maximum absolute atomic E-state index is 3.40. The molecule has 0 amide bonds. The minimum absolute atomic E-state index is 0. The number of hydrogen-bond donors (Lipinski definition) is 2. The molecule has 0 aliphatic heterocycles. The number of benzene rings is 1. The van der Waals surface area contributed by atoms with Gasteiger partial charge >= 0.3 is 0 Å². The maximum Gasteiger partial charge on any atom is 0.0206 e. The summed E-state index contributed by atoms with van der Waals surface area (Å²) < 4.78 is 0. The molecule has 0 fully saturated rings. The first-order valence-corrected chi connectivity index (χ1v) is 5.99. The molecule has 0 bridgehead atoms. The molecule has 0 radical (unpaired) electrons. The van der Waals surface area contributed by atoms with Crippen LogP contribution in [-0.4, -0.2) is 20.1 Å². The van der Waals surface area contributed by atoms with Crippen LogP contribution in [0.3, 0.4) is 0 Å². The Bertz CT molecular complexity index is 305. The maximum atomic E-state index is 3.40. The Balaban J connectivity index is 0. The van der Waals surface area contributed by atoms with Crippen LogP contribution in [0.25, 0.3) is 0 Å². The highest BCUT2D eigenvalue weighted by Gasteiger charge is 2.12. The highest BCUT2D eigenvalue weighted by molar-refractivity contribution is 5.85. The summed E-state index contributed by atoms with van der Waals surface area (Å²) in [4.78, 5) is 0. The average Bonchev–Trinajstić information content (AvgIpc) is 2.24. The lowest BCUT2D eigenvalue weighted by atomic mass is 9.87. The molecule has 0 aliphatic rings. The van der Waals surface area contributed by atoms with E-state index in [4.69, 9.17) is 0 Å². The third-order valence-corrected chi connectivity index (χ3v) is 2.70. The van der Waals surface area contributed by atoms with E-state index >= 15 is 0 Å². The van der Waals surface area contributed by atoms with Crippen molar-refractivity contribution in [3.8, 4) is 0 Å². The second kappa shape index (κ2) is 9.62. The predicted octanol–water partition coefficient (Wildman–Crippen LogP) is 3.14. The zero-order chi connectivity index (χ0) is 12.0. The smallest absolute Gasteiger partial charge is 0.0206 e. The minimum atomic E-state index is 0. The number of hydrogen-bond acceptors (Lipinski definition) is 2. The lowest BCUT2D eigenvalue weighted by Crippen LogP contribution is -2.24. The fourth-order valence-electron chi connectivity index (χ4n) is 1.57. The Morgan fingerprint density at radius 3 is 1.94 bits per heavy atom. The van der Waals surface area contributed by atoms with Gasteiger partial charge in [-0.1, -0.05) is 45.0 Å². The summed E-state index contributed by atoms with van der Waals surface area (Å²) in [5.74, 6) is 0. The summed E-state index contributed by atoms with van der Waals surface area (Å²) in [6.07, 6.45) is 0. The van der Waals surface area contributed by atoms with Gasteiger partial charge in [0.1, 0.15) is 0 Å². The van der Waals surface area contributed by atoms with Gasteiger partial charge in [-0.15, -0.1) is 24.8 Å². The number of likely N-dealkylation sites (N-methyl/N-ethyl adjacent to an activating group) is 1. The summed E-state index contributed by atoms with van der Waals surface area (Å²) in [5.41, 5.74) is 2.99. The van der Waals surface area contributed by atoms with Crippen LogP contribution in [0.5, 0.6) is 0 Å². The van der Waals surface area contributed by atoms with E-state index in [0.29, 0.717) is 0 Å². The Morgan fingerprint density at radius 2 is 1.50 bits per heavy atom. The van der Waals surface area contributed by atoms with Crippen LogP contribution in [0.15, 0.2) is 24.3 Å². The van der Waals surface area contributed by atoms with Crippen molar-refractivity contribution in [1.82, 2.24) is 10.6 Å². The van der Waals surface area contributed by atoms with Crippen LogP contribution in [0.2, 0.25) is 0 Å². The van der Waals surface area contributed by atoms with Gasteiger partial charge in [-0.05, 0) is 23.6 Å². The lowest BCUT2D eigenvalue weighted by molar-refractivity contribution is 0.589. The van der Waals surface area contributed by atoms with Crippen molar-refractivity contribution in [1.29, 1.82) is 0 Å². The molecule has 2 N–H and O–H groups in total. The second-order valence-corrected chi connectivity index (χ2v) is 5.23. The van der Waals surface area contributed by atoms with Crippen LogP contribution in [0, 0.1) is 0 Å². The topological polar surface area (TPSA) is 24.1 Å². The van der Waals surface area contributed by atoms with E-state index in [1.54, 1.807) is 0 Å². The fraction of sp³-hybridized carbons (Fsp3) is 0.571. The SMILES string of the molecule is CNCCNCc1ccc(C(C)(C)C)cc1.Cl.Cl. The number of halogens is 2. The van der Waals surface area contributed by atoms with Gasteiger partial charge in [0.05, 0.1) is 0 Å². The molecule has 0 aromatic heterocycles. The van der Waals surface area contributed by atoms with Crippen molar-refractivity contribution in [3.05, 3.63) is 35.4 Å². The van der Waals surface area contributed by atoms with Crippen LogP contribution >= 0.6 is 24.8 Å². The summed E-state index contributed by atoms with van der Waals surface area (Å²) in [5, 5.41) is 6.52. The van der Waals surface area contributed by atoms with E-state index in [1.165, 1.54) is 11.1 Å². The van der Waals surface area contributed by atoms with E-state index in [1.807, 2.05) is 7.05 Å². The van der Waals surface area contributed by atoms with Crippen LogP contribution in [0.1, 0.15) is 31.9 Å². The molecule has 0 unspecified atom stereocenters. The van der Waals surface area contributed by atoms with E-state index in [2.05, 4.69) is 55.7 Å². The molecule has 1 aromatic rings. The molecule has 18 heavy (non-hydrogen) atoms. The summed E-state index contributed by atoms with van der Waals surface area (Å²) in [7, 11) is 1.97. The highest BCUT2D eigenvalue weighted by Crippen LogP contribution is 2.21. The number of rotatable bonds is 5. The summed E-state index contributed by atoms with van der Waals surface area (Å²) in [6.45, 7) is 9.71. The molecule has 1 aromatic carbocycles. The third-order valence-electron chi connectivity index (χ3n) is 2.70. The van der Waals surface area contributed by atoms with Crippen LogP contribution in [-0.2, 0) is 12.0 Å². The molecule has 2 nitrogen and oxygen atoms in total. The van der Waals surface area contributed by atoms with Crippen molar-refractivity contribution < 1.29 is 0 Å². The Morgan fingerprint density at radius 1 is 0.944 bits per heavy atom. The molecule has 0 atom stereocenters. The Kier molecular flexibility index (Phi) is 10.7. The summed E-state index contributed by atoms with van der Waals surface area (Å²) >= 11 is 0. The molecule has 4 heteroatoms. The van der Waals surface area contributed by atoms with Gasteiger partial charge in [-0.3, -0.25) is 0 Å². The van der Waals surface area contributed by atoms with Gasteiger partial charge in [-0.2, -0.15) is 0 Å². The molecule has 0 spiro atoms. The molecule has 106 valence electrons. The quantitative estimate of drug-likeness (QED) is 0.815. The molecule has 0 saturated heterocycles. The summed E-state index contributed by atoms with van der Waals surface area (Å²) in [6, 6.07) is 8.89. The van der Waals surface area contributed by atoms with Crippen molar-refractivity contribution >= 4 is 24.8 Å². The van der Waals surface area contributed by atoms with Gasteiger partial charge in [0.2, 0.25) is 0 Å². The lowest BCUT2D eigenvalue weighted by Gasteiger charge is -2.19. The van der Waals surface area contributed by atoms with E-state index in [9.17, 15) is 0 Å². The van der Waals surface area contributed by atoms with Gasteiger partial charge in [0.15, 0.2) is 0 Å². The molecule has 0 heterocycles. The minimum Gasteiger partial charge on any atom is -0.318 e. The predicted molar refractivity (Wildman–Crippen MR) is 85.3 cm³/mol. The normalized spacial score (nSPS) is 10.4.